The summed E-state index contributed by atoms with van der Waals surface area (Å²) in [5.41, 5.74) is 7.52. The lowest BCUT2D eigenvalue weighted by molar-refractivity contribution is -0.142. The smallest absolute Gasteiger partial charge is 0.302 e. The van der Waals surface area contributed by atoms with Gasteiger partial charge in [-0.3, -0.25) is 14.5 Å². The van der Waals surface area contributed by atoms with Crippen LogP contribution in [-0.4, -0.2) is 96.3 Å². The van der Waals surface area contributed by atoms with Crippen LogP contribution in [0.1, 0.15) is 67.0 Å². The fraction of sp³-hybridized carbons (Fsp3) is 0.488. The molecule has 1 atom stereocenters. The lowest BCUT2D eigenvalue weighted by Crippen LogP contribution is -2.60. The van der Waals surface area contributed by atoms with E-state index in [2.05, 4.69) is 46.5 Å². The number of hydrogen-bond acceptors (Lipinski definition) is 9. The number of fused-ring (bicyclic) bond motifs is 3. The van der Waals surface area contributed by atoms with Crippen LogP contribution in [0.15, 0.2) is 54.5 Å². The van der Waals surface area contributed by atoms with Crippen LogP contribution in [0.5, 0.6) is 0 Å². The summed E-state index contributed by atoms with van der Waals surface area (Å²) >= 11 is 0. The normalized spacial score (nSPS) is 21.5. The van der Waals surface area contributed by atoms with Gasteiger partial charge in [-0.05, 0) is 77.8 Å². The number of aromatic nitrogens is 2. The zero-order chi connectivity index (χ0) is 37.0. The summed E-state index contributed by atoms with van der Waals surface area (Å²) in [6, 6.07) is 9.96. The molecule has 0 bridgehead atoms. The van der Waals surface area contributed by atoms with Crippen molar-refractivity contribution in [1.29, 1.82) is 0 Å². The molecule has 6 heterocycles. The maximum Gasteiger partial charge on any atom is 0.302 e. The lowest BCUT2D eigenvalue weighted by Gasteiger charge is -2.47. The van der Waals surface area contributed by atoms with Crippen LogP contribution in [0.4, 0.5) is 21.6 Å². The highest BCUT2D eigenvalue weighted by Crippen LogP contribution is 2.41. The molecule has 1 amide bonds. The average Bonchev–Trinajstić information content (AvgIpc) is 3.59. The standard InChI is InChI=1S/C41H50FN7O4/c1-6-31-22-46(33-23-52-24-33)9-10-47(31)32-7-8-39(43-19-32)44-30-13-28(20-45(5)21-30)34-15-29(42)16-36(35(34)25-53-26(2)50)49-12-11-48-37(40(49)51)14-27-17-41(3,4)18-38(27)48/h7-8,13-16,19-20,31,33H,6,9-12,17-18,21-25H2,1-5H3,(H,43,44)/t31-/m0/s1. The maximum absolute atomic E-state index is 15.7. The van der Waals surface area contributed by atoms with Crippen molar-refractivity contribution in [3.8, 4) is 0 Å². The molecule has 2 fully saturated rings. The highest BCUT2D eigenvalue weighted by atomic mass is 19.1. The third kappa shape index (κ3) is 6.94. The molecule has 4 aliphatic heterocycles. The zero-order valence-electron chi connectivity index (χ0n) is 31.5. The SMILES string of the molecule is CC[C@H]1CN(C2COC2)CCN1c1ccc(NC2=CC(c3cc(F)cc(N4CCn5c(cc6c5CC(C)(C)C6)C4=O)c3COC(C)=O)=CN(C)C2)nc1. The molecule has 0 radical (unpaired) electrons. The van der Waals surface area contributed by atoms with Crippen molar-refractivity contribution < 1.29 is 23.5 Å². The number of anilines is 3. The van der Waals surface area contributed by atoms with Gasteiger partial charge >= 0.3 is 5.97 Å². The fourth-order valence-electron chi connectivity index (χ4n) is 8.76. The number of likely N-dealkylation sites (N-methyl/N-ethyl adjacent to an activating group) is 1. The third-order valence-electron chi connectivity index (χ3n) is 11.4. The van der Waals surface area contributed by atoms with Gasteiger partial charge < -0.3 is 34.1 Å². The molecule has 11 nitrogen and oxygen atoms in total. The molecule has 1 aromatic carbocycles. The number of ether oxygens (including phenoxy) is 2. The molecule has 12 heteroatoms. The second-order valence-corrected chi connectivity index (χ2v) is 16.0. The van der Waals surface area contributed by atoms with Crippen molar-refractivity contribution in [3.05, 3.63) is 88.4 Å². The van der Waals surface area contributed by atoms with E-state index in [1.165, 1.54) is 30.3 Å². The average molecular weight is 724 g/mol. The van der Waals surface area contributed by atoms with Crippen LogP contribution < -0.4 is 15.1 Å². The van der Waals surface area contributed by atoms with E-state index in [1.54, 1.807) is 4.90 Å². The molecule has 2 saturated heterocycles. The summed E-state index contributed by atoms with van der Waals surface area (Å²) in [7, 11) is 1.96. The summed E-state index contributed by atoms with van der Waals surface area (Å²) in [4.78, 5) is 39.7. The first-order valence-electron chi connectivity index (χ1n) is 18.9. The predicted molar refractivity (Wildman–Crippen MR) is 203 cm³/mol. The highest BCUT2D eigenvalue weighted by Gasteiger charge is 2.38. The molecule has 3 aromatic rings. The number of esters is 1. The van der Waals surface area contributed by atoms with Gasteiger partial charge in [-0.25, -0.2) is 9.37 Å². The van der Waals surface area contributed by atoms with E-state index >= 15 is 4.39 Å². The summed E-state index contributed by atoms with van der Waals surface area (Å²) in [5.74, 6) is -0.385. The van der Waals surface area contributed by atoms with Crippen molar-refractivity contribution in [2.75, 3.05) is 68.1 Å². The topological polar surface area (TPSA) is 95.4 Å². The minimum absolute atomic E-state index is 0.0993. The van der Waals surface area contributed by atoms with Crippen LogP contribution in [0.2, 0.25) is 0 Å². The van der Waals surface area contributed by atoms with Crippen LogP contribution in [0, 0.1) is 11.2 Å². The van der Waals surface area contributed by atoms with E-state index < -0.39 is 11.8 Å². The molecule has 1 N–H and O–H groups in total. The van der Waals surface area contributed by atoms with Gasteiger partial charge in [0.1, 0.15) is 23.9 Å². The number of carbonyl (C=O) groups excluding carboxylic acids is 2. The monoisotopic (exact) mass is 723 g/mol. The minimum Gasteiger partial charge on any atom is -0.461 e. The first kappa shape index (κ1) is 35.4. The van der Waals surface area contributed by atoms with Crippen molar-refractivity contribution in [2.24, 2.45) is 5.41 Å². The summed E-state index contributed by atoms with van der Waals surface area (Å²) in [5, 5.41) is 3.49. The number of allylic oxidation sites excluding steroid dienone is 2. The van der Waals surface area contributed by atoms with Gasteiger partial charge in [0.15, 0.2) is 0 Å². The quantitative estimate of drug-likeness (QED) is 0.289. The minimum atomic E-state index is -0.471. The molecule has 2 aromatic heterocycles. The predicted octanol–water partition coefficient (Wildman–Crippen LogP) is 5.45. The van der Waals surface area contributed by atoms with Crippen LogP contribution in [0.3, 0.4) is 0 Å². The Balaban J connectivity index is 1.05. The second kappa shape index (κ2) is 13.9. The van der Waals surface area contributed by atoms with Crippen LogP contribution in [0.25, 0.3) is 5.57 Å². The summed E-state index contributed by atoms with van der Waals surface area (Å²) in [6.45, 7) is 14.3. The molecular formula is C41H50FN7O4. The summed E-state index contributed by atoms with van der Waals surface area (Å²) in [6.07, 6.45) is 8.78. The molecule has 1 aliphatic carbocycles. The molecule has 53 heavy (non-hydrogen) atoms. The number of hydrogen-bond donors (Lipinski definition) is 1. The lowest BCUT2D eigenvalue weighted by atomic mass is 9.90. The van der Waals surface area contributed by atoms with Crippen molar-refractivity contribution in [3.63, 3.8) is 0 Å². The number of halogens is 1. The number of amides is 1. The molecule has 280 valence electrons. The molecular weight excluding hydrogens is 673 g/mol. The van der Waals surface area contributed by atoms with Crippen molar-refractivity contribution in [1.82, 2.24) is 19.4 Å². The van der Waals surface area contributed by atoms with Gasteiger partial charge in [0, 0.05) is 75.9 Å². The molecule has 8 rings (SSSR count). The van der Waals surface area contributed by atoms with Crippen molar-refractivity contribution >= 4 is 34.6 Å². The van der Waals surface area contributed by atoms with Gasteiger partial charge in [0.05, 0.1) is 43.4 Å². The zero-order valence-corrected chi connectivity index (χ0v) is 31.5. The van der Waals surface area contributed by atoms with Crippen LogP contribution in [-0.2, 0) is 40.3 Å². The Morgan fingerprint density at radius 1 is 1.11 bits per heavy atom. The van der Waals surface area contributed by atoms with E-state index in [1.807, 2.05) is 42.6 Å². The first-order chi connectivity index (χ1) is 25.5. The molecule has 0 unspecified atom stereocenters. The number of rotatable bonds is 9. The van der Waals surface area contributed by atoms with Crippen molar-refractivity contribution in [2.45, 2.75) is 72.2 Å². The molecule has 0 saturated carbocycles. The molecule has 5 aliphatic rings. The highest BCUT2D eigenvalue weighted by molar-refractivity contribution is 6.07. The Bertz CT molecular complexity index is 1980. The molecule has 0 spiro atoms. The second-order valence-electron chi connectivity index (χ2n) is 16.0. The van der Waals surface area contributed by atoms with Gasteiger partial charge in [0.25, 0.3) is 5.91 Å². The van der Waals surface area contributed by atoms with Gasteiger partial charge in [0.2, 0.25) is 0 Å². The van der Waals surface area contributed by atoms with E-state index in [0.29, 0.717) is 60.0 Å². The summed E-state index contributed by atoms with van der Waals surface area (Å²) < 4.78 is 28.8. The van der Waals surface area contributed by atoms with Gasteiger partial charge in [-0.1, -0.05) is 20.8 Å². The Labute approximate surface area is 311 Å². The number of carbonyl (C=O) groups is 2. The number of nitrogens with one attached hydrogen (secondary N) is 1. The number of benzene rings is 1. The fourth-order valence-corrected chi connectivity index (χ4v) is 8.76. The Kier molecular flexibility index (Phi) is 9.30. The maximum atomic E-state index is 15.7. The Morgan fingerprint density at radius 2 is 1.94 bits per heavy atom. The Hall–Kier alpha value is -4.68. The van der Waals surface area contributed by atoms with Gasteiger partial charge in [-0.2, -0.15) is 0 Å². The van der Waals surface area contributed by atoms with E-state index in [9.17, 15) is 9.59 Å². The Morgan fingerprint density at radius 3 is 2.66 bits per heavy atom. The van der Waals surface area contributed by atoms with E-state index in [4.69, 9.17) is 14.5 Å². The first-order valence-corrected chi connectivity index (χ1v) is 18.9. The van der Waals surface area contributed by atoms with Crippen LogP contribution >= 0.6 is 0 Å². The number of pyridine rings is 1. The number of nitrogens with zero attached hydrogens (tertiary/aromatic N) is 6. The van der Waals surface area contributed by atoms with Gasteiger partial charge in [-0.15, -0.1) is 0 Å². The third-order valence-corrected chi connectivity index (χ3v) is 11.4. The largest absolute Gasteiger partial charge is 0.461 e. The number of piperazine rings is 1. The van der Waals surface area contributed by atoms with E-state index in [-0.39, 0.29) is 17.9 Å². The van der Waals surface area contributed by atoms with E-state index in [0.717, 1.165) is 69.1 Å².